The SMILES string of the molecule is CCOc1ccc(/C=C(\Cl)c2nc(-c3ccccc3OC)no2)cc1. The molecule has 0 atom stereocenters. The molecule has 0 saturated carbocycles. The summed E-state index contributed by atoms with van der Waals surface area (Å²) in [6.45, 7) is 2.57. The zero-order chi connectivity index (χ0) is 17.6. The van der Waals surface area contributed by atoms with E-state index in [1.165, 1.54) is 0 Å². The van der Waals surface area contributed by atoms with Crippen molar-refractivity contribution < 1.29 is 14.0 Å². The van der Waals surface area contributed by atoms with E-state index in [9.17, 15) is 0 Å². The van der Waals surface area contributed by atoms with Gasteiger partial charge in [0.25, 0.3) is 5.89 Å². The van der Waals surface area contributed by atoms with E-state index in [0.29, 0.717) is 23.2 Å². The number of nitrogens with zero attached hydrogens (tertiary/aromatic N) is 2. The number of rotatable bonds is 6. The van der Waals surface area contributed by atoms with Gasteiger partial charge in [-0.15, -0.1) is 0 Å². The van der Waals surface area contributed by atoms with Crippen LogP contribution in [0.25, 0.3) is 22.5 Å². The number of para-hydroxylation sites is 1. The van der Waals surface area contributed by atoms with E-state index in [-0.39, 0.29) is 5.89 Å². The molecule has 0 fully saturated rings. The molecule has 5 nitrogen and oxygen atoms in total. The number of ether oxygens (including phenoxy) is 2. The number of hydrogen-bond donors (Lipinski definition) is 0. The Kier molecular flexibility index (Phi) is 5.36. The fourth-order valence-electron chi connectivity index (χ4n) is 2.29. The van der Waals surface area contributed by atoms with Crippen LogP contribution in [0.1, 0.15) is 18.4 Å². The molecule has 3 aromatic rings. The summed E-state index contributed by atoms with van der Waals surface area (Å²) in [5.41, 5.74) is 1.65. The molecule has 1 aromatic heterocycles. The highest BCUT2D eigenvalue weighted by Gasteiger charge is 2.14. The molecule has 0 bridgehead atoms. The van der Waals surface area contributed by atoms with Gasteiger partial charge in [-0.25, -0.2) is 0 Å². The van der Waals surface area contributed by atoms with E-state index in [4.69, 9.17) is 25.6 Å². The molecule has 25 heavy (non-hydrogen) atoms. The molecule has 128 valence electrons. The van der Waals surface area contributed by atoms with Gasteiger partial charge in [-0.2, -0.15) is 4.98 Å². The molecule has 6 heteroatoms. The Bertz CT molecular complexity index is 872. The molecule has 0 aliphatic carbocycles. The van der Waals surface area contributed by atoms with E-state index in [1.807, 2.05) is 55.5 Å². The quantitative estimate of drug-likeness (QED) is 0.630. The Morgan fingerprint density at radius 3 is 2.64 bits per heavy atom. The first kappa shape index (κ1) is 17.0. The molecule has 0 N–H and O–H groups in total. The number of methoxy groups -OCH3 is 1. The minimum absolute atomic E-state index is 0.247. The minimum Gasteiger partial charge on any atom is -0.496 e. The van der Waals surface area contributed by atoms with Crippen LogP contribution in [0.5, 0.6) is 11.5 Å². The van der Waals surface area contributed by atoms with Gasteiger partial charge in [0.15, 0.2) is 0 Å². The number of aromatic nitrogens is 2. The van der Waals surface area contributed by atoms with Gasteiger partial charge in [0.2, 0.25) is 5.82 Å². The summed E-state index contributed by atoms with van der Waals surface area (Å²) in [6.07, 6.45) is 1.76. The maximum Gasteiger partial charge on any atom is 0.269 e. The zero-order valence-corrected chi connectivity index (χ0v) is 14.7. The van der Waals surface area contributed by atoms with Crippen LogP contribution < -0.4 is 9.47 Å². The number of hydrogen-bond acceptors (Lipinski definition) is 5. The molecule has 2 aromatic carbocycles. The number of halogens is 1. The Hall–Kier alpha value is -2.79. The van der Waals surface area contributed by atoms with E-state index >= 15 is 0 Å². The number of benzene rings is 2. The first-order valence-electron chi connectivity index (χ1n) is 7.78. The third-order valence-corrected chi connectivity index (χ3v) is 3.73. The van der Waals surface area contributed by atoms with Crippen LogP contribution in [0.4, 0.5) is 0 Å². The highest BCUT2D eigenvalue weighted by molar-refractivity contribution is 6.50. The highest BCUT2D eigenvalue weighted by atomic mass is 35.5. The van der Waals surface area contributed by atoms with Gasteiger partial charge >= 0.3 is 0 Å². The summed E-state index contributed by atoms with van der Waals surface area (Å²) in [5.74, 6) is 2.15. The minimum atomic E-state index is 0.247. The van der Waals surface area contributed by atoms with Gasteiger partial charge in [0.1, 0.15) is 16.5 Å². The fourth-order valence-corrected chi connectivity index (χ4v) is 2.50. The van der Waals surface area contributed by atoms with Gasteiger partial charge in [-0.1, -0.05) is 41.0 Å². The van der Waals surface area contributed by atoms with Crippen molar-refractivity contribution in [2.75, 3.05) is 13.7 Å². The van der Waals surface area contributed by atoms with Gasteiger partial charge in [-0.3, -0.25) is 0 Å². The molecule has 0 aliphatic heterocycles. The smallest absolute Gasteiger partial charge is 0.269 e. The van der Waals surface area contributed by atoms with Crippen molar-refractivity contribution in [1.82, 2.24) is 10.1 Å². The second kappa shape index (κ2) is 7.85. The van der Waals surface area contributed by atoms with E-state index in [2.05, 4.69) is 10.1 Å². The highest BCUT2D eigenvalue weighted by Crippen LogP contribution is 2.29. The summed E-state index contributed by atoms with van der Waals surface area (Å²) < 4.78 is 16.0. The first-order chi connectivity index (χ1) is 12.2. The van der Waals surface area contributed by atoms with Crippen molar-refractivity contribution in [2.45, 2.75) is 6.92 Å². The normalized spacial score (nSPS) is 11.4. The van der Waals surface area contributed by atoms with Crippen LogP contribution in [0, 0.1) is 0 Å². The Morgan fingerprint density at radius 1 is 1.16 bits per heavy atom. The lowest BCUT2D eigenvalue weighted by atomic mass is 10.2. The molecular weight excluding hydrogens is 340 g/mol. The van der Waals surface area contributed by atoms with Gasteiger partial charge in [0, 0.05) is 0 Å². The molecule has 0 spiro atoms. The van der Waals surface area contributed by atoms with Crippen LogP contribution in [0.15, 0.2) is 53.1 Å². The summed E-state index contributed by atoms with van der Waals surface area (Å²) in [7, 11) is 1.60. The summed E-state index contributed by atoms with van der Waals surface area (Å²) in [6, 6.07) is 15.0. The van der Waals surface area contributed by atoms with Crippen LogP contribution >= 0.6 is 11.6 Å². The maximum absolute atomic E-state index is 6.32. The average Bonchev–Trinajstić information content (AvgIpc) is 3.13. The largest absolute Gasteiger partial charge is 0.496 e. The third-order valence-electron chi connectivity index (χ3n) is 3.46. The van der Waals surface area contributed by atoms with Crippen molar-refractivity contribution in [3.63, 3.8) is 0 Å². The molecule has 3 rings (SSSR count). The van der Waals surface area contributed by atoms with Gasteiger partial charge in [-0.05, 0) is 42.8 Å². The first-order valence-corrected chi connectivity index (χ1v) is 8.16. The van der Waals surface area contributed by atoms with Crippen molar-refractivity contribution in [3.05, 3.63) is 60.0 Å². The molecule has 0 unspecified atom stereocenters. The van der Waals surface area contributed by atoms with Crippen LogP contribution in [0.3, 0.4) is 0 Å². The molecule has 0 aliphatic rings. The van der Waals surface area contributed by atoms with Gasteiger partial charge < -0.3 is 14.0 Å². The lowest BCUT2D eigenvalue weighted by molar-refractivity contribution is 0.340. The summed E-state index contributed by atoms with van der Waals surface area (Å²) in [5, 5.41) is 4.34. The van der Waals surface area contributed by atoms with Crippen molar-refractivity contribution in [3.8, 4) is 22.9 Å². The monoisotopic (exact) mass is 356 g/mol. The van der Waals surface area contributed by atoms with E-state index in [1.54, 1.807) is 13.2 Å². The second-order valence-corrected chi connectivity index (χ2v) is 5.52. The van der Waals surface area contributed by atoms with E-state index in [0.717, 1.165) is 16.9 Å². The lowest BCUT2D eigenvalue weighted by Crippen LogP contribution is -1.90. The zero-order valence-electron chi connectivity index (χ0n) is 13.9. The molecule has 0 saturated heterocycles. The summed E-state index contributed by atoms with van der Waals surface area (Å²) >= 11 is 6.32. The Labute approximate surface area is 150 Å². The van der Waals surface area contributed by atoms with Crippen LogP contribution in [-0.2, 0) is 0 Å². The molecule has 0 radical (unpaired) electrons. The molecule has 1 heterocycles. The molecular formula is C19H17ClN2O3. The third kappa shape index (κ3) is 4.00. The molecule has 0 amide bonds. The van der Waals surface area contributed by atoms with Crippen molar-refractivity contribution >= 4 is 22.7 Å². The van der Waals surface area contributed by atoms with Crippen molar-refractivity contribution in [2.24, 2.45) is 0 Å². The average molecular weight is 357 g/mol. The Balaban J connectivity index is 1.83. The Morgan fingerprint density at radius 2 is 1.92 bits per heavy atom. The van der Waals surface area contributed by atoms with Gasteiger partial charge in [0.05, 0.1) is 19.3 Å². The predicted molar refractivity (Wildman–Crippen MR) is 97.6 cm³/mol. The topological polar surface area (TPSA) is 57.4 Å². The van der Waals surface area contributed by atoms with E-state index < -0.39 is 0 Å². The standard InChI is InChI=1S/C19H17ClN2O3/c1-3-24-14-10-8-13(9-11-14)12-16(20)19-21-18(22-25-19)15-6-4-5-7-17(15)23-2/h4-12H,3H2,1-2H3/b16-12-. The lowest BCUT2D eigenvalue weighted by Gasteiger charge is -2.03. The summed E-state index contributed by atoms with van der Waals surface area (Å²) in [4.78, 5) is 4.35. The van der Waals surface area contributed by atoms with Crippen LogP contribution in [-0.4, -0.2) is 23.9 Å². The van der Waals surface area contributed by atoms with Crippen LogP contribution in [0.2, 0.25) is 0 Å². The predicted octanol–water partition coefficient (Wildman–Crippen LogP) is 4.88. The fraction of sp³-hybridized carbons (Fsp3) is 0.158. The van der Waals surface area contributed by atoms with Crippen molar-refractivity contribution in [1.29, 1.82) is 0 Å². The second-order valence-electron chi connectivity index (χ2n) is 5.12. The maximum atomic E-state index is 6.32.